The summed E-state index contributed by atoms with van der Waals surface area (Å²) in [6.07, 6.45) is 1.95. The molecule has 1 aliphatic rings. The zero-order valence-electron chi connectivity index (χ0n) is 14.2. The minimum absolute atomic E-state index is 0.0456. The van der Waals surface area contributed by atoms with Gasteiger partial charge < -0.3 is 20.4 Å². The number of hydrogen-bond donors (Lipinski definition) is 2. The number of nitrogens with one attached hydrogen (secondary N) is 1. The van der Waals surface area contributed by atoms with E-state index >= 15 is 0 Å². The van der Waals surface area contributed by atoms with Crippen molar-refractivity contribution in [2.24, 2.45) is 5.73 Å². The molecule has 7 heteroatoms. The number of nitrogens with zero attached hydrogens (tertiary/aromatic N) is 2. The van der Waals surface area contributed by atoms with E-state index in [0.717, 1.165) is 11.1 Å². The Hall–Kier alpha value is -2.51. The van der Waals surface area contributed by atoms with Gasteiger partial charge in [-0.15, -0.1) is 0 Å². The van der Waals surface area contributed by atoms with Crippen LogP contribution in [0.2, 0.25) is 0 Å². The van der Waals surface area contributed by atoms with Gasteiger partial charge >= 0.3 is 0 Å². The van der Waals surface area contributed by atoms with E-state index in [1.165, 1.54) is 6.20 Å². The largest absolute Gasteiger partial charge is 0.374 e. The van der Waals surface area contributed by atoms with Gasteiger partial charge in [0, 0.05) is 24.8 Å². The van der Waals surface area contributed by atoms with Crippen molar-refractivity contribution in [3.63, 3.8) is 0 Å². The van der Waals surface area contributed by atoms with Gasteiger partial charge in [0.15, 0.2) is 0 Å². The van der Waals surface area contributed by atoms with Gasteiger partial charge in [-0.05, 0) is 19.9 Å². The number of aryl methyl sites for hydroxylation is 1. The number of aromatic amines is 1. The summed E-state index contributed by atoms with van der Waals surface area (Å²) in [7, 11) is 0. The minimum Gasteiger partial charge on any atom is -0.374 e. The number of ether oxygens (including phenoxy) is 1. The molecule has 1 fully saturated rings. The van der Waals surface area contributed by atoms with Crippen LogP contribution in [0.4, 0.5) is 0 Å². The Kier molecular flexibility index (Phi) is 5.25. The lowest BCUT2D eigenvalue weighted by molar-refractivity contribution is -0.0237. The summed E-state index contributed by atoms with van der Waals surface area (Å²) in [5.74, 6) is 0.124. The van der Waals surface area contributed by atoms with Crippen LogP contribution in [0.25, 0.3) is 11.4 Å². The van der Waals surface area contributed by atoms with Crippen LogP contribution >= 0.6 is 0 Å². The van der Waals surface area contributed by atoms with Crippen molar-refractivity contribution < 1.29 is 9.53 Å². The molecule has 1 aliphatic heterocycles. The first-order valence-electron chi connectivity index (χ1n) is 8.36. The second-order valence-electron chi connectivity index (χ2n) is 6.16. The molecule has 3 rings (SSSR count). The van der Waals surface area contributed by atoms with Crippen LogP contribution in [0, 0.1) is 6.92 Å². The minimum atomic E-state index is -0.433. The zero-order valence-corrected chi connectivity index (χ0v) is 14.2. The number of carbonyl (C=O) groups excluding carboxylic acids is 1. The molecule has 1 aromatic heterocycles. The van der Waals surface area contributed by atoms with Crippen LogP contribution in [0.3, 0.4) is 0 Å². The van der Waals surface area contributed by atoms with Gasteiger partial charge in [-0.2, -0.15) is 0 Å². The highest BCUT2D eigenvalue weighted by Crippen LogP contribution is 2.15. The predicted octanol–water partition coefficient (Wildman–Crippen LogP) is 0.935. The number of amides is 1. The fraction of sp³-hybridized carbons (Fsp3) is 0.389. The summed E-state index contributed by atoms with van der Waals surface area (Å²) in [5.41, 5.74) is 7.09. The topological polar surface area (TPSA) is 101 Å². The average molecular weight is 342 g/mol. The van der Waals surface area contributed by atoms with E-state index in [1.54, 1.807) is 4.90 Å². The number of benzene rings is 1. The summed E-state index contributed by atoms with van der Waals surface area (Å²) < 4.78 is 5.58. The molecule has 7 nitrogen and oxygen atoms in total. The van der Waals surface area contributed by atoms with Crippen LogP contribution in [-0.2, 0) is 4.74 Å². The van der Waals surface area contributed by atoms with Crippen LogP contribution in [0.1, 0.15) is 22.3 Å². The standard InChI is InChI=1S/C18H22N4O3/c1-12-2-4-13(5-3-12)16-20-10-15(17(23)21-16)18(24)22-8-9-25-14(11-22)6-7-19/h2-5,10,14H,6-9,11,19H2,1H3,(H,20,21,23)/t14-/m1/s1. The Bertz CT molecular complexity index is 799. The van der Waals surface area contributed by atoms with E-state index in [4.69, 9.17) is 10.5 Å². The Balaban J connectivity index is 1.79. The first-order chi connectivity index (χ1) is 12.1. The van der Waals surface area contributed by atoms with E-state index in [2.05, 4.69) is 9.97 Å². The van der Waals surface area contributed by atoms with Crippen molar-refractivity contribution in [2.45, 2.75) is 19.4 Å². The molecular formula is C18H22N4O3. The maximum Gasteiger partial charge on any atom is 0.264 e. The molecule has 1 atom stereocenters. The summed E-state index contributed by atoms with van der Waals surface area (Å²) >= 11 is 0. The van der Waals surface area contributed by atoms with Crippen molar-refractivity contribution in [1.82, 2.24) is 14.9 Å². The summed E-state index contributed by atoms with van der Waals surface area (Å²) in [6.45, 7) is 3.83. The lowest BCUT2D eigenvalue weighted by atomic mass is 10.1. The molecule has 3 N–H and O–H groups in total. The first kappa shape index (κ1) is 17.3. The van der Waals surface area contributed by atoms with E-state index in [-0.39, 0.29) is 17.6 Å². The Labute approximate surface area is 145 Å². The first-order valence-corrected chi connectivity index (χ1v) is 8.36. The fourth-order valence-electron chi connectivity index (χ4n) is 2.84. The average Bonchev–Trinajstić information content (AvgIpc) is 2.62. The zero-order chi connectivity index (χ0) is 17.8. The third-order valence-corrected chi connectivity index (χ3v) is 4.27. The molecule has 0 radical (unpaired) electrons. The molecule has 1 aromatic carbocycles. The smallest absolute Gasteiger partial charge is 0.264 e. The van der Waals surface area contributed by atoms with Gasteiger partial charge in [-0.25, -0.2) is 4.98 Å². The molecule has 1 amide bonds. The molecule has 0 unspecified atom stereocenters. The number of H-pyrrole nitrogens is 1. The highest BCUT2D eigenvalue weighted by atomic mass is 16.5. The summed E-state index contributed by atoms with van der Waals surface area (Å²) in [5, 5.41) is 0. The number of hydrogen-bond acceptors (Lipinski definition) is 5. The van der Waals surface area contributed by atoms with E-state index in [0.29, 0.717) is 38.5 Å². The third-order valence-electron chi connectivity index (χ3n) is 4.27. The van der Waals surface area contributed by atoms with Gasteiger partial charge in [0.2, 0.25) is 0 Å². The van der Waals surface area contributed by atoms with Crippen molar-refractivity contribution in [3.8, 4) is 11.4 Å². The second kappa shape index (κ2) is 7.58. The maximum absolute atomic E-state index is 12.6. The number of morpholine rings is 1. The monoisotopic (exact) mass is 342 g/mol. The quantitative estimate of drug-likeness (QED) is 0.861. The van der Waals surface area contributed by atoms with Crippen molar-refractivity contribution in [3.05, 3.63) is 51.9 Å². The lowest BCUT2D eigenvalue weighted by Crippen LogP contribution is -2.47. The number of aromatic nitrogens is 2. The SMILES string of the molecule is Cc1ccc(-c2ncc(C(=O)N3CCO[C@H](CCN)C3)c(=O)[nH]2)cc1. The van der Waals surface area contributed by atoms with Gasteiger partial charge in [-0.3, -0.25) is 9.59 Å². The van der Waals surface area contributed by atoms with Gasteiger partial charge in [0.25, 0.3) is 11.5 Å². The molecule has 2 aromatic rings. The Morgan fingerprint density at radius 3 is 2.84 bits per heavy atom. The number of nitrogens with two attached hydrogens (primary N) is 1. The van der Waals surface area contributed by atoms with Crippen molar-refractivity contribution in [1.29, 1.82) is 0 Å². The van der Waals surface area contributed by atoms with Gasteiger partial charge in [-0.1, -0.05) is 29.8 Å². The molecule has 0 bridgehead atoms. The molecule has 0 spiro atoms. The Morgan fingerprint density at radius 2 is 2.16 bits per heavy atom. The fourth-order valence-corrected chi connectivity index (χ4v) is 2.84. The van der Waals surface area contributed by atoms with Crippen molar-refractivity contribution >= 4 is 5.91 Å². The number of carbonyl (C=O) groups is 1. The summed E-state index contributed by atoms with van der Waals surface area (Å²) in [6, 6.07) is 7.66. The van der Waals surface area contributed by atoms with Gasteiger partial charge in [0.1, 0.15) is 11.4 Å². The van der Waals surface area contributed by atoms with Crippen LogP contribution in [0.5, 0.6) is 0 Å². The van der Waals surface area contributed by atoms with E-state index in [9.17, 15) is 9.59 Å². The summed E-state index contributed by atoms with van der Waals surface area (Å²) in [4.78, 5) is 33.6. The highest BCUT2D eigenvalue weighted by molar-refractivity contribution is 5.93. The molecule has 2 heterocycles. The molecule has 132 valence electrons. The third kappa shape index (κ3) is 3.94. The molecule has 0 saturated carbocycles. The second-order valence-corrected chi connectivity index (χ2v) is 6.16. The van der Waals surface area contributed by atoms with Gasteiger partial charge in [0.05, 0.1) is 12.7 Å². The Morgan fingerprint density at radius 1 is 1.40 bits per heavy atom. The molecule has 25 heavy (non-hydrogen) atoms. The van der Waals surface area contributed by atoms with E-state index in [1.807, 2.05) is 31.2 Å². The van der Waals surface area contributed by atoms with E-state index < -0.39 is 5.56 Å². The molecule has 1 saturated heterocycles. The molecule has 0 aliphatic carbocycles. The lowest BCUT2D eigenvalue weighted by Gasteiger charge is -2.32. The van der Waals surface area contributed by atoms with Crippen molar-refractivity contribution in [2.75, 3.05) is 26.2 Å². The van der Waals surface area contributed by atoms with Crippen LogP contribution in [0.15, 0.2) is 35.3 Å². The maximum atomic E-state index is 12.6. The predicted molar refractivity (Wildman–Crippen MR) is 94.3 cm³/mol. The normalized spacial score (nSPS) is 17.5. The molecular weight excluding hydrogens is 320 g/mol. The number of rotatable bonds is 4. The van der Waals surface area contributed by atoms with Crippen LogP contribution < -0.4 is 11.3 Å². The van der Waals surface area contributed by atoms with Crippen LogP contribution in [-0.4, -0.2) is 53.1 Å². The highest BCUT2D eigenvalue weighted by Gasteiger charge is 2.26.